The van der Waals surface area contributed by atoms with E-state index >= 15 is 0 Å². The number of carbonyl (C=O) groups is 2. The summed E-state index contributed by atoms with van der Waals surface area (Å²) < 4.78 is 10.4. The predicted molar refractivity (Wildman–Crippen MR) is 75.2 cm³/mol. The quantitative estimate of drug-likeness (QED) is 0.796. The summed E-state index contributed by atoms with van der Waals surface area (Å²) in [5.74, 6) is -1.29. The van der Waals surface area contributed by atoms with Crippen LogP contribution < -0.4 is 9.47 Å². The smallest absolute Gasteiger partial charge is 0.242 e. The number of allylic oxidation sites excluding steroid dienone is 3. The standard InChI is InChI=1S/C13H7Cl3O4/c1-19-6-4-2-3-5-7(6)20-13-10(16)11(17)8(14)9(15)12(13)18/h2-5H,1H3. The van der Waals surface area contributed by atoms with Gasteiger partial charge in [-0.3, -0.25) is 9.59 Å². The minimum atomic E-state index is -0.761. The molecule has 1 aliphatic rings. The number of benzene rings is 1. The summed E-state index contributed by atoms with van der Waals surface area (Å²) in [4.78, 5) is 23.7. The summed E-state index contributed by atoms with van der Waals surface area (Å²) >= 11 is 17.1. The van der Waals surface area contributed by atoms with Crippen LogP contribution in [-0.2, 0) is 9.59 Å². The summed E-state index contributed by atoms with van der Waals surface area (Å²) in [7, 11) is 1.44. The molecule has 1 aromatic carbocycles. The van der Waals surface area contributed by atoms with Crippen molar-refractivity contribution in [1.29, 1.82) is 0 Å². The fourth-order valence-corrected chi connectivity index (χ4v) is 2.12. The van der Waals surface area contributed by atoms with Crippen LogP contribution in [0.3, 0.4) is 0 Å². The molecular formula is C13H7Cl3O4. The first-order valence-corrected chi connectivity index (χ1v) is 6.46. The largest absolute Gasteiger partial charge is 0.493 e. The Bertz CT molecular complexity index is 661. The first kappa shape index (κ1) is 14.9. The molecule has 104 valence electrons. The molecule has 20 heavy (non-hydrogen) atoms. The van der Waals surface area contributed by atoms with E-state index in [9.17, 15) is 9.59 Å². The Labute approximate surface area is 129 Å². The van der Waals surface area contributed by atoms with Crippen LogP contribution in [0.2, 0.25) is 0 Å². The summed E-state index contributed by atoms with van der Waals surface area (Å²) in [5.41, 5.74) is 0. The minimum absolute atomic E-state index is 0.229. The van der Waals surface area contributed by atoms with Crippen molar-refractivity contribution in [2.75, 3.05) is 7.11 Å². The Morgan fingerprint density at radius 2 is 1.40 bits per heavy atom. The van der Waals surface area contributed by atoms with Gasteiger partial charge in [0.2, 0.25) is 11.6 Å². The zero-order valence-electron chi connectivity index (χ0n) is 10.1. The van der Waals surface area contributed by atoms with Crippen molar-refractivity contribution in [3.63, 3.8) is 0 Å². The van der Waals surface area contributed by atoms with E-state index in [2.05, 4.69) is 0 Å². The number of carbonyl (C=O) groups excluding carboxylic acids is 2. The van der Waals surface area contributed by atoms with Gasteiger partial charge in [0.25, 0.3) is 0 Å². The van der Waals surface area contributed by atoms with E-state index in [1.807, 2.05) is 0 Å². The number of ketones is 2. The van der Waals surface area contributed by atoms with Gasteiger partial charge in [0.05, 0.1) is 7.11 Å². The van der Waals surface area contributed by atoms with Gasteiger partial charge in [-0.25, -0.2) is 0 Å². The SMILES string of the molecule is COc1ccccc1OC1=C(Cl)C(=O)C(Cl)=C(Cl)C1=O. The number of rotatable bonds is 3. The van der Waals surface area contributed by atoms with Gasteiger partial charge in [0, 0.05) is 0 Å². The third-order valence-electron chi connectivity index (χ3n) is 2.48. The monoisotopic (exact) mass is 332 g/mol. The average molecular weight is 334 g/mol. The van der Waals surface area contributed by atoms with E-state index in [1.54, 1.807) is 24.3 Å². The fraction of sp³-hybridized carbons (Fsp3) is 0.0769. The summed E-state index contributed by atoms with van der Waals surface area (Å²) in [5, 5.41) is -1.27. The third kappa shape index (κ3) is 2.54. The van der Waals surface area contributed by atoms with Crippen LogP contribution in [0, 0.1) is 0 Å². The lowest BCUT2D eigenvalue weighted by Gasteiger charge is -2.16. The number of Topliss-reactive ketones (excluding diaryl/α,β-unsaturated/α-hetero) is 2. The fourth-order valence-electron chi connectivity index (χ4n) is 1.50. The maximum atomic E-state index is 12.0. The highest BCUT2D eigenvalue weighted by atomic mass is 35.5. The van der Waals surface area contributed by atoms with E-state index in [0.717, 1.165) is 0 Å². The molecule has 0 spiro atoms. The Morgan fingerprint density at radius 1 is 0.850 bits per heavy atom. The molecule has 0 amide bonds. The molecule has 1 aromatic rings. The van der Waals surface area contributed by atoms with Crippen LogP contribution in [-0.4, -0.2) is 18.7 Å². The van der Waals surface area contributed by atoms with Crippen molar-refractivity contribution in [1.82, 2.24) is 0 Å². The van der Waals surface area contributed by atoms with Crippen LogP contribution in [0.1, 0.15) is 0 Å². The number of methoxy groups -OCH3 is 1. The molecule has 2 rings (SSSR count). The highest BCUT2D eigenvalue weighted by Crippen LogP contribution is 2.35. The molecule has 0 saturated carbocycles. The normalized spacial score (nSPS) is 15.8. The Morgan fingerprint density at radius 3 is 2.00 bits per heavy atom. The van der Waals surface area contributed by atoms with Crippen LogP contribution in [0.15, 0.2) is 45.1 Å². The number of ether oxygens (including phenoxy) is 2. The number of halogens is 3. The van der Waals surface area contributed by atoms with Gasteiger partial charge in [-0.15, -0.1) is 0 Å². The molecule has 0 saturated heterocycles. The molecule has 1 aliphatic carbocycles. The zero-order valence-corrected chi connectivity index (χ0v) is 12.3. The average Bonchev–Trinajstić information content (AvgIpc) is 2.48. The van der Waals surface area contributed by atoms with Gasteiger partial charge in [0.15, 0.2) is 17.3 Å². The van der Waals surface area contributed by atoms with Crippen LogP contribution in [0.25, 0.3) is 0 Å². The molecule has 0 aromatic heterocycles. The van der Waals surface area contributed by atoms with E-state index in [4.69, 9.17) is 44.3 Å². The molecule has 0 heterocycles. The third-order valence-corrected chi connectivity index (χ3v) is 3.64. The van der Waals surface area contributed by atoms with Gasteiger partial charge < -0.3 is 9.47 Å². The molecular weight excluding hydrogens is 326 g/mol. The number of para-hydroxylation sites is 2. The molecule has 7 heteroatoms. The van der Waals surface area contributed by atoms with Crippen molar-refractivity contribution in [3.05, 3.63) is 45.1 Å². The van der Waals surface area contributed by atoms with E-state index in [1.165, 1.54) is 7.11 Å². The van der Waals surface area contributed by atoms with Gasteiger partial charge in [-0.1, -0.05) is 46.9 Å². The molecule has 0 unspecified atom stereocenters. The molecule has 0 atom stereocenters. The second kappa shape index (κ2) is 5.87. The second-order valence-corrected chi connectivity index (χ2v) is 4.82. The van der Waals surface area contributed by atoms with Gasteiger partial charge in [-0.2, -0.15) is 0 Å². The minimum Gasteiger partial charge on any atom is -0.493 e. The van der Waals surface area contributed by atoms with E-state index in [-0.39, 0.29) is 11.5 Å². The highest BCUT2D eigenvalue weighted by Gasteiger charge is 2.34. The highest BCUT2D eigenvalue weighted by molar-refractivity contribution is 6.64. The van der Waals surface area contributed by atoms with E-state index < -0.39 is 26.7 Å². The Balaban J connectivity index is 2.43. The molecule has 0 N–H and O–H groups in total. The van der Waals surface area contributed by atoms with Crippen molar-refractivity contribution >= 4 is 46.4 Å². The summed E-state index contributed by atoms with van der Waals surface area (Å²) in [6.07, 6.45) is 0. The lowest BCUT2D eigenvalue weighted by molar-refractivity contribution is -0.116. The van der Waals surface area contributed by atoms with Crippen LogP contribution >= 0.6 is 34.8 Å². The Kier molecular flexibility index (Phi) is 4.38. The maximum absolute atomic E-state index is 12.0. The van der Waals surface area contributed by atoms with Crippen LogP contribution in [0.4, 0.5) is 0 Å². The number of hydrogen-bond donors (Lipinski definition) is 0. The van der Waals surface area contributed by atoms with Crippen molar-refractivity contribution < 1.29 is 19.1 Å². The lowest BCUT2D eigenvalue weighted by atomic mass is 10.1. The lowest BCUT2D eigenvalue weighted by Crippen LogP contribution is -2.21. The first-order chi connectivity index (χ1) is 9.47. The molecule has 0 radical (unpaired) electrons. The summed E-state index contributed by atoms with van der Waals surface area (Å²) in [6, 6.07) is 6.58. The zero-order chi connectivity index (χ0) is 14.9. The molecule has 0 fully saturated rings. The maximum Gasteiger partial charge on any atom is 0.242 e. The van der Waals surface area contributed by atoms with Crippen molar-refractivity contribution in [3.8, 4) is 11.5 Å². The summed E-state index contributed by atoms with van der Waals surface area (Å²) in [6.45, 7) is 0. The second-order valence-electron chi connectivity index (χ2n) is 3.68. The Hall–Kier alpha value is -1.49. The van der Waals surface area contributed by atoms with Crippen molar-refractivity contribution in [2.45, 2.75) is 0 Å². The first-order valence-electron chi connectivity index (χ1n) is 5.32. The molecule has 0 bridgehead atoms. The van der Waals surface area contributed by atoms with E-state index in [0.29, 0.717) is 5.75 Å². The van der Waals surface area contributed by atoms with Gasteiger partial charge >= 0.3 is 0 Å². The molecule has 0 aliphatic heterocycles. The molecule has 4 nitrogen and oxygen atoms in total. The van der Waals surface area contributed by atoms with Crippen molar-refractivity contribution in [2.24, 2.45) is 0 Å². The number of hydrogen-bond acceptors (Lipinski definition) is 4. The van der Waals surface area contributed by atoms with Gasteiger partial charge in [0.1, 0.15) is 15.1 Å². The predicted octanol–water partition coefficient (Wildman–Crippen LogP) is 3.37. The van der Waals surface area contributed by atoms with Crippen LogP contribution in [0.5, 0.6) is 11.5 Å². The topological polar surface area (TPSA) is 52.6 Å². The van der Waals surface area contributed by atoms with Gasteiger partial charge in [-0.05, 0) is 12.1 Å².